The maximum absolute atomic E-state index is 12.0. The van der Waals surface area contributed by atoms with Crippen LogP contribution in [0.1, 0.15) is 0 Å². The van der Waals surface area contributed by atoms with Gasteiger partial charge in [-0.05, 0) is 34.1 Å². The number of nitrogens with one attached hydrogen (secondary N) is 1. The lowest BCUT2D eigenvalue weighted by atomic mass is 10.3. The van der Waals surface area contributed by atoms with Gasteiger partial charge in [0.1, 0.15) is 5.75 Å². The van der Waals surface area contributed by atoms with Crippen molar-refractivity contribution in [2.24, 2.45) is 0 Å². The van der Waals surface area contributed by atoms with E-state index in [4.69, 9.17) is 11.6 Å². The van der Waals surface area contributed by atoms with E-state index in [0.717, 1.165) is 0 Å². The third kappa shape index (κ3) is 5.32. The fourth-order valence-corrected chi connectivity index (χ4v) is 1.73. The number of ether oxygens (including phenoxy) is 1. The van der Waals surface area contributed by atoms with E-state index >= 15 is 0 Å². The van der Waals surface area contributed by atoms with Crippen LogP contribution < -0.4 is 10.1 Å². The Labute approximate surface area is 115 Å². The molecule has 0 bridgehead atoms. The Hall–Kier alpha value is -0.660. The summed E-state index contributed by atoms with van der Waals surface area (Å²) in [6.45, 7) is 0.196. The lowest BCUT2D eigenvalue weighted by Gasteiger charge is -2.13. The molecule has 0 saturated heterocycles. The van der Waals surface area contributed by atoms with Gasteiger partial charge in [-0.2, -0.15) is 0 Å². The molecule has 0 aliphatic rings. The summed E-state index contributed by atoms with van der Waals surface area (Å²) in [5, 5.41) is 12.1. The van der Waals surface area contributed by atoms with Crippen LogP contribution in [0.3, 0.4) is 0 Å². The molecule has 2 N–H and O–H groups in total. The van der Waals surface area contributed by atoms with Gasteiger partial charge in [-0.25, -0.2) is 0 Å². The molecule has 102 valence electrons. The summed E-state index contributed by atoms with van der Waals surface area (Å²) in [6, 6.07) is 3.77. The third-order valence-corrected chi connectivity index (χ3v) is 2.89. The molecular weight excluding hydrogens is 338 g/mol. The van der Waals surface area contributed by atoms with E-state index in [1.54, 1.807) is 0 Å². The van der Waals surface area contributed by atoms with Crippen molar-refractivity contribution >= 4 is 33.2 Å². The zero-order chi connectivity index (χ0) is 13.8. The molecule has 0 saturated carbocycles. The molecule has 1 aromatic carbocycles. The van der Waals surface area contributed by atoms with Gasteiger partial charge in [0.05, 0.1) is 12.0 Å². The minimum atomic E-state index is -4.72. The summed E-state index contributed by atoms with van der Waals surface area (Å²) in [6.07, 6.45) is -5.45. The monoisotopic (exact) mass is 347 g/mol. The topological polar surface area (TPSA) is 41.5 Å². The predicted octanol–water partition coefficient (Wildman–Crippen LogP) is 3.36. The number of anilines is 1. The second kappa shape index (κ2) is 6.49. The van der Waals surface area contributed by atoms with Gasteiger partial charge in [0.15, 0.2) is 0 Å². The molecule has 0 heterocycles. The first kappa shape index (κ1) is 15.4. The SMILES string of the molecule is OC(CCl)CNc1ccc(OC(F)(F)F)cc1Br. The van der Waals surface area contributed by atoms with Gasteiger partial charge < -0.3 is 15.2 Å². The van der Waals surface area contributed by atoms with Crippen molar-refractivity contribution < 1.29 is 23.0 Å². The Morgan fingerprint density at radius 2 is 2.11 bits per heavy atom. The van der Waals surface area contributed by atoms with Crippen molar-refractivity contribution in [1.29, 1.82) is 0 Å². The minimum Gasteiger partial charge on any atom is -0.406 e. The van der Waals surface area contributed by atoms with E-state index < -0.39 is 12.5 Å². The Kier molecular flexibility index (Phi) is 5.55. The molecule has 0 aromatic heterocycles. The summed E-state index contributed by atoms with van der Waals surface area (Å²) >= 11 is 8.51. The van der Waals surface area contributed by atoms with Crippen LogP contribution >= 0.6 is 27.5 Å². The molecule has 0 amide bonds. The first-order valence-corrected chi connectivity index (χ1v) is 6.18. The largest absolute Gasteiger partial charge is 0.573 e. The highest BCUT2D eigenvalue weighted by Gasteiger charge is 2.31. The molecule has 18 heavy (non-hydrogen) atoms. The van der Waals surface area contributed by atoms with Crippen molar-refractivity contribution in [3.05, 3.63) is 22.7 Å². The molecule has 0 aliphatic heterocycles. The van der Waals surface area contributed by atoms with Gasteiger partial charge in [0.25, 0.3) is 0 Å². The molecule has 0 fully saturated rings. The summed E-state index contributed by atoms with van der Waals surface area (Å²) in [5.41, 5.74) is 0.536. The molecule has 0 radical (unpaired) electrons. The minimum absolute atomic E-state index is 0.0693. The third-order valence-electron chi connectivity index (χ3n) is 1.88. The Morgan fingerprint density at radius 3 is 2.61 bits per heavy atom. The first-order valence-electron chi connectivity index (χ1n) is 4.85. The number of hydrogen-bond donors (Lipinski definition) is 2. The fourth-order valence-electron chi connectivity index (χ4n) is 1.12. The molecule has 8 heteroatoms. The summed E-state index contributed by atoms with van der Waals surface area (Å²) in [7, 11) is 0. The van der Waals surface area contributed by atoms with E-state index in [1.807, 2.05) is 0 Å². The number of aliphatic hydroxyl groups is 1. The highest BCUT2D eigenvalue weighted by Crippen LogP contribution is 2.30. The van der Waals surface area contributed by atoms with Gasteiger partial charge in [0, 0.05) is 16.7 Å². The van der Waals surface area contributed by atoms with Gasteiger partial charge >= 0.3 is 6.36 Å². The predicted molar refractivity (Wildman–Crippen MR) is 66.0 cm³/mol. The van der Waals surface area contributed by atoms with Crippen LogP contribution in [-0.4, -0.2) is 30.0 Å². The number of rotatable bonds is 5. The van der Waals surface area contributed by atoms with Gasteiger partial charge in [-0.15, -0.1) is 24.8 Å². The van der Waals surface area contributed by atoms with E-state index in [-0.39, 0.29) is 18.2 Å². The zero-order valence-corrected chi connectivity index (χ0v) is 11.3. The van der Waals surface area contributed by atoms with Crippen LogP contribution in [0.25, 0.3) is 0 Å². The van der Waals surface area contributed by atoms with Gasteiger partial charge in [0.2, 0.25) is 0 Å². The Balaban J connectivity index is 2.68. The number of benzene rings is 1. The highest BCUT2D eigenvalue weighted by molar-refractivity contribution is 9.10. The fraction of sp³-hybridized carbons (Fsp3) is 0.400. The van der Waals surface area contributed by atoms with Crippen LogP contribution in [-0.2, 0) is 0 Å². The van der Waals surface area contributed by atoms with Crippen LogP contribution in [0.5, 0.6) is 5.75 Å². The summed E-state index contributed by atoms with van der Waals surface area (Å²) < 4.78 is 40.1. The maximum atomic E-state index is 12.0. The Bertz CT molecular complexity index is 403. The molecule has 0 aliphatic carbocycles. The average Bonchev–Trinajstić information content (AvgIpc) is 2.25. The second-order valence-electron chi connectivity index (χ2n) is 3.38. The molecular formula is C10H10BrClF3NO2. The molecule has 1 aromatic rings. The van der Waals surface area contributed by atoms with E-state index in [9.17, 15) is 18.3 Å². The van der Waals surface area contributed by atoms with Crippen LogP contribution in [0.4, 0.5) is 18.9 Å². The smallest absolute Gasteiger partial charge is 0.406 e. The van der Waals surface area contributed by atoms with Crippen molar-refractivity contribution in [1.82, 2.24) is 0 Å². The first-order chi connectivity index (χ1) is 8.31. The Morgan fingerprint density at radius 1 is 1.44 bits per heavy atom. The second-order valence-corrected chi connectivity index (χ2v) is 4.54. The molecule has 1 unspecified atom stereocenters. The standard InChI is InChI=1S/C10H10BrClF3NO2/c11-8-3-7(18-10(13,14)15)1-2-9(8)16-5-6(17)4-12/h1-3,6,16-17H,4-5H2. The number of hydrogen-bond acceptors (Lipinski definition) is 3. The van der Waals surface area contributed by atoms with Crippen molar-refractivity contribution in [3.63, 3.8) is 0 Å². The van der Waals surface area contributed by atoms with E-state index in [1.165, 1.54) is 18.2 Å². The number of halogens is 5. The van der Waals surface area contributed by atoms with Crippen LogP contribution in [0.2, 0.25) is 0 Å². The number of alkyl halides is 4. The molecule has 3 nitrogen and oxygen atoms in total. The van der Waals surface area contributed by atoms with Crippen molar-refractivity contribution in [2.75, 3.05) is 17.7 Å². The van der Waals surface area contributed by atoms with E-state index in [0.29, 0.717) is 10.2 Å². The normalized spacial score (nSPS) is 13.2. The zero-order valence-electron chi connectivity index (χ0n) is 8.97. The van der Waals surface area contributed by atoms with Crippen LogP contribution in [0.15, 0.2) is 22.7 Å². The molecule has 1 atom stereocenters. The lowest BCUT2D eigenvalue weighted by Crippen LogP contribution is -2.21. The van der Waals surface area contributed by atoms with Crippen LogP contribution in [0, 0.1) is 0 Å². The van der Waals surface area contributed by atoms with E-state index in [2.05, 4.69) is 26.0 Å². The quantitative estimate of drug-likeness (QED) is 0.802. The summed E-state index contributed by atoms with van der Waals surface area (Å²) in [4.78, 5) is 0. The number of aliphatic hydroxyl groups excluding tert-OH is 1. The van der Waals surface area contributed by atoms with Gasteiger partial charge in [-0.3, -0.25) is 0 Å². The molecule has 1 rings (SSSR count). The highest BCUT2D eigenvalue weighted by atomic mass is 79.9. The van der Waals surface area contributed by atoms with Crippen molar-refractivity contribution in [2.45, 2.75) is 12.5 Å². The van der Waals surface area contributed by atoms with Crippen molar-refractivity contribution in [3.8, 4) is 5.75 Å². The summed E-state index contributed by atoms with van der Waals surface area (Å²) in [5.74, 6) is -0.252. The average molecular weight is 349 g/mol. The molecule has 0 spiro atoms. The lowest BCUT2D eigenvalue weighted by molar-refractivity contribution is -0.274. The van der Waals surface area contributed by atoms with Gasteiger partial charge in [-0.1, -0.05) is 0 Å². The maximum Gasteiger partial charge on any atom is 0.573 e.